The van der Waals surface area contributed by atoms with Gasteiger partial charge in [0.05, 0.1) is 0 Å². The van der Waals surface area contributed by atoms with Crippen molar-refractivity contribution in [2.24, 2.45) is 0 Å². The molecule has 1 aromatic rings. The summed E-state index contributed by atoms with van der Waals surface area (Å²) in [5, 5.41) is 0. The fraction of sp³-hybridized carbons (Fsp3) is 0.500. The van der Waals surface area contributed by atoms with Crippen LogP contribution in [0.2, 0.25) is 0 Å². The Balaban J connectivity index is 2.50. The maximum atomic E-state index is 3.54. The van der Waals surface area contributed by atoms with E-state index in [-0.39, 0.29) is 0 Å². The first-order chi connectivity index (χ1) is 6.59. The van der Waals surface area contributed by atoms with Gasteiger partial charge in [-0.15, -0.1) is 11.8 Å². The molecule has 0 spiro atoms. The molecule has 76 valence electrons. The molecule has 2 heteroatoms. The molecule has 0 saturated heterocycles. The van der Waals surface area contributed by atoms with E-state index in [1.165, 1.54) is 33.5 Å². The van der Waals surface area contributed by atoms with Gasteiger partial charge in [0.15, 0.2) is 0 Å². The number of hydrogen-bond acceptors (Lipinski definition) is 1. The normalized spacial score (nSPS) is 19.9. The van der Waals surface area contributed by atoms with E-state index in [2.05, 4.69) is 48.0 Å². The minimum atomic E-state index is 0.347. The van der Waals surface area contributed by atoms with Gasteiger partial charge in [0.2, 0.25) is 0 Å². The number of rotatable bonds is 0. The van der Waals surface area contributed by atoms with Crippen LogP contribution in [0.25, 0.3) is 0 Å². The van der Waals surface area contributed by atoms with Crippen molar-refractivity contribution in [3.63, 3.8) is 0 Å². The molecule has 0 aliphatic carbocycles. The molecule has 1 aromatic carbocycles. The van der Waals surface area contributed by atoms with Gasteiger partial charge in [-0.2, -0.15) is 0 Å². The molecule has 2 rings (SSSR count). The average molecular weight is 271 g/mol. The van der Waals surface area contributed by atoms with Crippen LogP contribution >= 0.6 is 27.7 Å². The molecule has 0 fully saturated rings. The van der Waals surface area contributed by atoms with Crippen LogP contribution in [0.4, 0.5) is 0 Å². The lowest BCUT2D eigenvalue weighted by Crippen LogP contribution is -2.16. The van der Waals surface area contributed by atoms with Crippen LogP contribution in [-0.4, -0.2) is 5.75 Å². The molecule has 0 nitrogen and oxygen atoms in total. The van der Waals surface area contributed by atoms with Gasteiger partial charge < -0.3 is 0 Å². The van der Waals surface area contributed by atoms with E-state index in [9.17, 15) is 0 Å². The first kappa shape index (κ1) is 10.6. The van der Waals surface area contributed by atoms with Gasteiger partial charge in [-0.25, -0.2) is 0 Å². The highest BCUT2D eigenvalue weighted by Gasteiger charge is 2.25. The quantitative estimate of drug-likeness (QED) is 0.664. The second kappa shape index (κ2) is 3.90. The average Bonchev–Trinajstić information content (AvgIpc) is 2.25. The van der Waals surface area contributed by atoms with Crippen molar-refractivity contribution >= 4 is 27.7 Å². The van der Waals surface area contributed by atoms with Crippen molar-refractivity contribution in [1.82, 2.24) is 0 Å². The van der Waals surface area contributed by atoms with Gasteiger partial charge in [-0.1, -0.05) is 35.8 Å². The molecule has 1 aliphatic heterocycles. The Bertz CT molecular complexity index is 344. The molecule has 1 heterocycles. The lowest BCUT2D eigenvalue weighted by molar-refractivity contribution is 0.471. The van der Waals surface area contributed by atoms with Crippen LogP contribution in [0.15, 0.2) is 27.6 Å². The number of benzene rings is 1. The smallest absolute Gasteiger partial charge is 0.0186 e. The van der Waals surface area contributed by atoms with E-state index >= 15 is 0 Å². The van der Waals surface area contributed by atoms with Crippen molar-refractivity contribution < 1.29 is 0 Å². The highest BCUT2D eigenvalue weighted by Crippen LogP contribution is 2.40. The van der Waals surface area contributed by atoms with E-state index in [1.54, 1.807) is 0 Å². The maximum absolute atomic E-state index is 3.54. The summed E-state index contributed by atoms with van der Waals surface area (Å²) in [6.07, 6.45) is 2.62. The van der Waals surface area contributed by atoms with E-state index in [1.807, 2.05) is 11.8 Å². The van der Waals surface area contributed by atoms with Gasteiger partial charge in [-0.05, 0) is 41.7 Å². The van der Waals surface area contributed by atoms with E-state index in [0.29, 0.717) is 5.41 Å². The topological polar surface area (TPSA) is 0 Å². The minimum absolute atomic E-state index is 0.347. The third-order valence-electron chi connectivity index (χ3n) is 2.88. The summed E-state index contributed by atoms with van der Waals surface area (Å²) < 4.78 is 1.20. The van der Waals surface area contributed by atoms with Crippen LogP contribution < -0.4 is 0 Å². The van der Waals surface area contributed by atoms with Crippen molar-refractivity contribution in [2.75, 3.05) is 5.75 Å². The summed E-state index contributed by atoms with van der Waals surface area (Å²) in [6.45, 7) is 4.71. The van der Waals surface area contributed by atoms with E-state index in [4.69, 9.17) is 0 Å². The summed E-state index contributed by atoms with van der Waals surface area (Å²) in [5.41, 5.74) is 1.86. The number of thioether (sulfide) groups is 1. The summed E-state index contributed by atoms with van der Waals surface area (Å²) in [5.74, 6) is 1.26. The minimum Gasteiger partial charge on any atom is -0.126 e. The zero-order chi connectivity index (χ0) is 10.2. The first-order valence-electron chi connectivity index (χ1n) is 5.02. The molecule has 1 aliphatic rings. The Morgan fingerprint density at radius 2 is 2.14 bits per heavy atom. The zero-order valence-electron chi connectivity index (χ0n) is 8.64. The van der Waals surface area contributed by atoms with Gasteiger partial charge >= 0.3 is 0 Å². The van der Waals surface area contributed by atoms with Crippen LogP contribution in [0.5, 0.6) is 0 Å². The molecule has 0 saturated carbocycles. The predicted octanol–water partition coefficient (Wildman–Crippen LogP) is 4.61. The fourth-order valence-corrected chi connectivity index (χ4v) is 3.74. The lowest BCUT2D eigenvalue weighted by Gasteiger charge is -2.24. The Morgan fingerprint density at radius 1 is 1.36 bits per heavy atom. The summed E-state index contributed by atoms with van der Waals surface area (Å²) in [6, 6.07) is 6.69. The number of hydrogen-bond donors (Lipinski definition) is 0. The Morgan fingerprint density at radius 3 is 2.93 bits per heavy atom. The first-order valence-corrected chi connectivity index (χ1v) is 6.80. The zero-order valence-corrected chi connectivity index (χ0v) is 11.0. The Kier molecular flexibility index (Phi) is 2.94. The molecular weight excluding hydrogens is 256 g/mol. The van der Waals surface area contributed by atoms with Gasteiger partial charge in [0.1, 0.15) is 0 Å². The van der Waals surface area contributed by atoms with Crippen LogP contribution in [0.3, 0.4) is 0 Å². The lowest BCUT2D eigenvalue weighted by atomic mass is 9.81. The second-order valence-electron chi connectivity index (χ2n) is 4.48. The standard InChI is InChI=1S/C12H15BrS/c1-12(2)6-3-7-14-11-8-9(13)4-5-10(11)12/h4-5,8H,3,6-7H2,1-2H3. The Labute approximate surface area is 98.6 Å². The van der Waals surface area contributed by atoms with Crippen LogP contribution in [-0.2, 0) is 5.41 Å². The van der Waals surface area contributed by atoms with E-state index < -0.39 is 0 Å². The summed E-state index contributed by atoms with van der Waals surface area (Å²) in [4.78, 5) is 1.46. The fourth-order valence-electron chi connectivity index (χ4n) is 2.01. The Hall–Kier alpha value is 0.0500. The molecule has 0 radical (unpaired) electrons. The van der Waals surface area contributed by atoms with Crippen LogP contribution in [0, 0.1) is 0 Å². The molecule has 14 heavy (non-hydrogen) atoms. The maximum Gasteiger partial charge on any atom is 0.0186 e. The molecule has 0 bridgehead atoms. The molecule has 0 amide bonds. The SMILES string of the molecule is CC1(C)CCCSc2cc(Br)ccc21. The number of halogens is 1. The highest BCUT2D eigenvalue weighted by molar-refractivity contribution is 9.10. The second-order valence-corrected chi connectivity index (χ2v) is 6.53. The van der Waals surface area contributed by atoms with Crippen molar-refractivity contribution in [1.29, 1.82) is 0 Å². The number of fused-ring (bicyclic) bond motifs is 1. The highest BCUT2D eigenvalue weighted by atomic mass is 79.9. The largest absolute Gasteiger partial charge is 0.126 e. The van der Waals surface area contributed by atoms with Crippen molar-refractivity contribution in [3.8, 4) is 0 Å². The monoisotopic (exact) mass is 270 g/mol. The third-order valence-corrected chi connectivity index (χ3v) is 4.51. The van der Waals surface area contributed by atoms with Crippen molar-refractivity contribution in [2.45, 2.75) is 37.0 Å². The molecule has 0 atom stereocenters. The van der Waals surface area contributed by atoms with Crippen molar-refractivity contribution in [3.05, 3.63) is 28.2 Å². The molecule has 0 unspecified atom stereocenters. The third kappa shape index (κ3) is 2.01. The molecule has 0 N–H and O–H groups in total. The van der Waals surface area contributed by atoms with Gasteiger partial charge in [-0.3, -0.25) is 0 Å². The predicted molar refractivity (Wildman–Crippen MR) is 67.1 cm³/mol. The van der Waals surface area contributed by atoms with Gasteiger partial charge in [0.25, 0.3) is 0 Å². The summed E-state index contributed by atoms with van der Waals surface area (Å²) in [7, 11) is 0. The molecule has 0 aromatic heterocycles. The van der Waals surface area contributed by atoms with E-state index in [0.717, 1.165) is 0 Å². The molecular formula is C12H15BrS. The van der Waals surface area contributed by atoms with Gasteiger partial charge in [0, 0.05) is 9.37 Å². The summed E-state index contributed by atoms with van der Waals surface area (Å²) >= 11 is 5.54. The van der Waals surface area contributed by atoms with Crippen LogP contribution in [0.1, 0.15) is 32.3 Å².